The predicted octanol–water partition coefficient (Wildman–Crippen LogP) is 8.46. The lowest BCUT2D eigenvalue weighted by atomic mass is 10.00. The Morgan fingerprint density at radius 3 is 2.12 bits per heavy atom. The van der Waals surface area contributed by atoms with E-state index in [1.165, 1.54) is 32.8 Å². The standard InChI is InChI=1S/C30H22N2.H2/c1-3-23-26-19-21(15-17-30(26)32(29(23)4-2)22-10-6-5-7-11-22)20-14-16-28-25(18-20)24-12-8-9-13-27(24)31-28;/h3-19,31H,1-2H2;1H. The van der Waals surface area contributed by atoms with Gasteiger partial charge in [0.1, 0.15) is 0 Å². The second kappa shape index (κ2) is 7.14. The summed E-state index contributed by atoms with van der Waals surface area (Å²) >= 11 is 0. The molecule has 154 valence electrons. The second-order valence-electron chi connectivity index (χ2n) is 8.04. The summed E-state index contributed by atoms with van der Waals surface area (Å²) < 4.78 is 2.26. The van der Waals surface area contributed by atoms with Gasteiger partial charge in [0.05, 0.1) is 11.2 Å². The first-order chi connectivity index (χ1) is 15.8. The molecule has 0 aliphatic carbocycles. The van der Waals surface area contributed by atoms with Gasteiger partial charge in [-0.2, -0.15) is 0 Å². The quantitative estimate of drug-likeness (QED) is 0.300. The Hall–Kier alpha value is -4.30. The number of nitrogens with one attached hydrogen (secondary N) is 1. The molecule has 6 rings (SSSR count). The minimum atomic E-state index is 0. The number of para-hydroxylation sites is 2. The van der Waals surface area contributed by atoms with E-state index in [0.29, 0.717) is 0 Å². The molecular formula is C30H24N2. The van der Waals surface area contributed by atoms with Gasteiger partial charge in [0.25, 0.3) is 0 Å². The Kier molecular flexibility index (Phi) is 4.12. The zero-order chi connectivity index (χ0) is 21.7. The highest BCUT2D eigenvalue weighted by Crippen LogP contribution is 2.36. The second-order valence-corrected chi connectivity index (χ2v) is 8.04. The number of aromatic nitrogens is 2. The van der Waals surface area contributed by atoms with Gasteiger partial charge in [0, 0.05) is 39.9 Å². The minimum absolute atomic E-state index is 0. The Balaban J connectivity index is 0.00000228. The first-order valence-electron chi connectivity index (χ1n) is 10.8. The molecule has 0 spiro atoms. The van der Waals surface area contributed by atoms with Crippen LogP contribution in [0.15, 0.2) is 104 Å². The number of benzene rings is 4. The molecule has 0 saturated carbocycles. The van der Waals surface area contributed by atoms with Crippen molar-refractivity contribution in [1.82, 2.24) is 9.55 Å². The van der Waals surface area contributed by atoms with Crippen LogP contribution in [0.5, 0.6) is 0 Å². The Morgan fingerprint density at radius 2 is 1.34 bits per heavy atom. The van der Waals surface area contributed by atoms with Crippen LogP contribution in [0.25, 0.3) is 61.7 Å². The fraction of sp³-hybridized carbons (Fsp3) is 0. The molecule has 0 aliphatic rings. The van der Waals surface area contributed by atoms with E-state index >= 15 is 0 Å². The van der Waals surface area contributed by atoms with Gasteiger partial charge in [-0.15, -0.1) is 0 Å². The molecule has 32 heavy (non-hydrogen) atoms. The summed E-state index contributed by atoms with van der Waals surface area (Å²) in [6.07, 6.45) is 3.85. The fourth-order valence-corrected chi connectivity index (χ4v) is 4.81. The van der Waals surface area contributed by atoms with Gasteiger partial charge in [0.2, 0.25) is 0 Å². The molecule has 0 unspecified atom stereocenters. The molecule has 2 nitrogen and oxygen atoms in total. The number of aromatic amines is 1. The van der Waals surface area contributed by atoms with Crippen molar-refractivity contribution in [2.45, 2.75) is 0 Å². The van der Waals surface area contributed by atoms with E-state index in [-0.39, 0.29) is 1.43 Å². The lowest BCUT2D eigenvalue weighted by Crippen LogP contribution is -1.96. The summed E-state index contributed by atoms with van der Waals surface area (Å²) in [5.41, 5.74) is 9.15. The van der Waals surface area contributed by atoms with Crippen LogP contribution in [0.1, 0.15) is 12.7 Å². The predicted molar refractivity (Wildman–Crippen MR) is 140 cm³/mol. The van der Waals surface area contributed by atoms with Gasteiger partial charge in [-0.3, -0.25) is 0 Å². The molecule has 0 saturated heterocycles. The van der Waals surface area contributed by atoms with E-state index in [0.717, 1.165) is 28.0 Å². The van der Waals surface area contributed by atoms with Crippen LogP contribution in [-0.2, 0) is 0 Å². The van der Waals surface area contributed by atoms with Gasteiger partial charge in [0.15, 0.2) is 0 Å². The summed E-state index contributed by atoms with van der Waals surface area (Å²) in [6, 6.07) is 32.2. The van der Waals surface area contributed by atoms with Gasteiger partial charge >= 0.3 is 0 Å². The van der Waals surface area contributed by atoms with Gasteiger partial charge in [-0.25, -0.2) is 0 Å². The molecule has 2 aromatic heterocycles. The van der Waals surface area contributed by atoms with Crippen molar-refractivity contribution < 1.29 is 1.43 Å². The zero-order valence-electron chi connectivity index (χ0n) is 17.7. The summed E-state index contributed by atoms with van der Waals surface area (Å²) in [6.45, 7) is 8.19. The Labute approximate surface area is 188 Å². The smallest absolute Gasteiger partial charge is 0.0541 e. The van der Waals surface area contributed by atoms with Gasteiger partial charge < -0.3 is 9.55 Å². The normalized spacial score (nSPS) is 11.4. The van der Waals surface area contributed by atoms with Crippen molar-refractivity contribution in [3.05, 3.63) is 115 Å². The van der Waals surface area contributed by atoms with Crippen molar-refractivity contribution >= 4 is 44.9 Å². The first kappa shape index (κ1) is 18.5. The lowest BCUT2D eigenvalue weighted by Gasteiger charge is -2.09. The maximum Gasteiger partial charge on any atom is 0.0541 e. The van der Waals surface area contributed by atoms with Crippen LogP contribution < -0.4 is 0 Å². The molecule has 2 heteroatoms. The number of rotatable bonds is 4. The molecule has 0 fully saturated rings. The van der Waals surface area contributed by atoms with Crippen LogP contribution in [0, 0.1) is 0 Å². The minimum Gasteiger partial charge on any atom is -0.355 e. The highest BCUT2D eigenvalue weighted by Gasteiger charge is 2.15. The van der Waals surface area contributed by atoms with Crippen molar-refractivity contribution in [3.63, 3.8) is 0 Å². The van der Waals surface area contributed by atoms with E-state index in [1.54, 1.807) is 0 Å². The van der Waals surface area contributed by atoms with Gasteiger partial charge in [-0.1, -0.05) is 67.8 Å². The number of hydrogen-bond acceptors (Lipinski definition) is 0. The molecule has 0 aliphatic heterocycles. The van der Waals surface area contributed by atoms with E-state index in [1.807, 2.05) is 18.2 Å². The highest BCUT2D eigenvalue weighted by atomic mass is 15.0. The molecule has 0 bridgehead atoms. The molecule has 1 N–H and O–H groups in total. The summed E-state index contributed by atoms with van der Waals surface area (Å²) in [5.74, 6) is 0. The Morgan fingerprint density at radius 1 is 0.656 bits per heavy atom. The summed E-state index contributed by atoms with van der Waals surface area (Å²) in [5, 5.41) is 3.67. The van der Waals surface area contributed by atoms with Gasteiger partial charge in [-0.05, 0) is 59.7 Å². The zero-order valence-corrected chi connectivity index (χ0v) is 17.7. The van der Waals surface area contributed by atoms with Crippen LogP contribution in [0.4, 0.5) is 0 Å². The van der Waals surface area contributed by atoms with Crippen LogP contribution in [-0.4, -0.2) is 9.55 Å². The molecule has 0 amide bonds. The molecule has 2 heterocycles. The van der Waals surface area contributed by atoms with E-state index < -0.39 is 0 Å². The molecule has 4 aromatic carbocycles. The Bertz CT molecular complexity index is 1650. The molecular weight excluding hydrogens is 388 g/mol. The lowest BCUT2D eigenvalue weighted by molar-refractivity contribution is 1.11. The van der Waals surface area contributed by atoms with E-state index in [2.05, 4.69) is 108 Å². The third-order valence-electron chi connectivity index (χ3n) is 6.30. The third kappa shape index (κ3) is 2.67. The molecule has 6 aromatic rings. The summed E-state index contributed by atoms with van der Waals surface area (Å²) in [4.78, 5) is 3.51. The van der Waals surface area contributed by atoms with Crippen molar-refractivity contribution in [3.8, 4) is 16.8 Å². The number of hydrogen-bond donors (Lipinski definition) is 1. The largest absolute Gasteiger partial charge is 0.355 e. The van der Waals surface area contributed by atoms with E-state index in [4.69, 9.17) is 0 Å². The molecule has 0 radical (unpaired) electrons. The number of H-pyrrole nitrogens is 1. The third-order valence-corrected chi connectivity index (χ3v) is 6.30. The SMILES string of the molecule is C=Cc1c(C=C)n(-c2ccccc2)c2ccc(-c3ccc4[nH]c5ccccc5c4c3)cc12.[HH]. The fourth-order valence-electron chi connectivity index (χ4n) is 4.81. The van der Waals surface area contributed by atoms with Crippen LogP contribution in [0.2, 0.25) is 0 Å². The average molecular weight is 413 g/mol. The maximum absolute atomic E-state index is 4.10. The highest BCUT2D eigenvalue weighted by molar-refractivity contribution is 6.08. The van der Waals surface area contributed by atoms with Crippen molar-refractivity contribution in [2.75, 3.05) is 0 Å². The number of nitrogens with zero attached hydrogens (tertiary/aromatic N) is 1. The maximum atomic E-state index is 4.10. The topological polar surface area (TPSA) is 20.7 Å². The number of fused-ring (bicyclic) bond motifs is 4. The van der Waals surface area contributed by atoms with E-state index in [9.17, 15) is 0 Å². The molecule has 0 atom stereocenters. The first-order valence-corrected chi connectivity index (χ1v) is 10.8. The van der Waals surface area contributed by atoms with Crippen molar-refractivity contribution in [2.24, 2.45) is 0 Å². The average Bonchev–Trinajstić information content (AvgIpc) is 3.38. The van der Waals surface area contributed by atoms with Crippen LogP contribution >= 0.6 is 0 Å². The van der Waals surface area contributed by atoms with Crippen molar-refractivity contribution in [1.29, 1.82) is 0 Å². The van der Waals surface area contributed by atoms with Crippen LogP contribution in [0.3, 0.4) is 0 Å². The summed E-state index contributed by atoms with van der Waals surface area (Å²) in [7, 11) is 0. The monoisotopic (exact) mass is 412 g/mol.